The fourth-order valence-corrected chi connectivity index (χ4v) is 2.37. The number of carbonyl (C=O) groups is 1. The van der Waals surface area contributed by atoms with Gasteiger partial charge < -0.3 is 10.2 Å². The van der Waals surface area contributed by atoms with Crippen LogP contribution in [0.15, 0.2) is 24.3 Å². The summed E-state index contributed by atoms with van der Waals surface area (Å²) in [6, 6.07) is 7.53. The van der Waals surface area contributed by atoms with Gasteiger partial charge in [0.1, 0.15) is 5.52 Å². The zero-order valence-corrected chi connectivity index (χ0v) is 11.2. The lowest BCUT2D eigenvalue weighted by molar-refractivity contribution is -0.130. The summed E-state index contributed by atoms with van der Waals surface area (Å²) >= 11 is 0. The maximum Gasteiger partial charge on any atom is 0.243 e. The van der Waals surface area contributed by atoms with Gasteiger partial charge in [0.25, 0.3) is 0 Å². The fraction of sp³-hybridized carbons (Fsp3) is 0.429. The number of benzene rings is 1. The number of amides is 1. The third-order valence-electron chi connectivity index (χ3n) is 3.47. The first-order valence-corrected chi connectivity index (χ1v) is 6.94. The Balaban J connectivity index is 1.62. The average molecular weight is 271 g/mol. The number of hydrogen-bond acceptors (Lipinski definition) is 5. The van der Waals surface area contributed by atoms with Crippen molar-refractivity contribution in [3.05, 3.63) is 24.3 Å². The highest BCUT2D eigenvalue weighted by molar-refractivity contribution is 5.81. The minimum Gasteiger partial charge on any atom is -0.344 e. The Hall–Kier alpha value is -2.24. The van der Waals surface area contributed by atoms with E-state index in [0.29, 0.717) is 5.95 Å². The van der Waals surface area contributed by atoms with Gasteiger partial charge in [-0.15, -0.1) is 10.2 Å². The predicted molar refractivity (Wildman–Crippen MR) is 76.3 cm³/mol. The molecule has 1 aromatic carbocycles. The van der Waals surface area contributed by atoms with E-state index in [2.05, 4.69) is 20.5 Å². The van der Waals surface area contributed by atoms with Crippen LogP contribution in [0.2, 0.25) is 0 Å². The molecule has 1 fully saturated rings. The van der Waals surface area contributed by atoms with Crippen LogP contribution in [-0.2, 0) is 4.79 Å². The van der Waals surface area contributed by atoms with Crippen molar-refractivity contribution in [1.29, 1.82) is 0 Å². The summed E-state index contributed by atoms with van der Waals surface area (Å²) < 4.78 is 0. The second-order valence-corrected chi connectivity index (χ2v) is 4.92. The highest BCUT2D eigenvalue weighted by Gasteiger charge is 2.16. The van der Waals surface area contributed by atoms with Gasteiger partial charge in [0.2, 0.25) is 11.9 Å². The zero-order chi connectivity index (χ0) is 13.8. The third kappa shape index (κ3) is 2.84. The van der Waals surface area contributed by atoms with Crippen molar-refractivity contribution in [3.8, 4) is 0 Å². The summed E-state index contributed by atoms with van der Waals surface area (Å²) in [7, 11) is 0. The van der Waals surface area contributed by atoms with Gasteiger partial charge in [-0.3, -0.25) is 4.79 Å². The first kappa shape index (κ1) is 12.8. The van der Waals surface area contributed by atoms with Crippen molar-refractivity contribution in [2.75, 3.05) is 25.0 Å². The number of nitrogens with one attached hydrogen (secondary N) is 1. The topological polar surface area (TPSA) is 71.0 Å². The summed E-state index contributed by atoms with van der Waals surface area (Å²) in [6.07, 6.45) is 3.41. The van der Waals surface area contributed by atoms with Crippen molar-refractivity contribution in [3.63, 3.8) is 0 Å². The molecule has 0 radical (unpaired) electrons. The molecule has 0 bridgehead atoms. The summed E-state index contributed by atoms with van der Waals surface area (Å²) in [5, 5.41) is 11.0. The molecule has 1 aliphatic heterocycles. The molecule has 1 amide bonds. The van der Waals surface area contributed by atoms with Crippen LogP contribution in [0.1, 0.15) is 19.3 Å². The molecule has 3 rings (SSSR count). The van der Waals surface area contributed by atoms with E-state index in [4.69, 9.17) is 0 Å². The lowest BCUT2D eigenvalue weighted by Gasteiger charge is -2.26. The van der Waals surface area contributed by atoms with E-state index >= 15 is 0 Å². The number of piperidine rings is 1. The van der Waals surface area contributed by atoms with Crippen molar-refractivity contribution in [2.45, 2.75) is 19.3 Å². The van der Waals surface area contributed by atoms with Crippen molar-refractivity contribution < 1.29 is 4.79 Å². The molecule has 1 saturated heterocycles. The van der Waals surface area contributed by atoms with Crippen LogP contribution in [0.3, 0.4) is 0 Å². The second kappa shape index (κ2) is 5.81. The van der Waals surface area contributed by atoms with Crippen LogP contribution in [-0.4, -0.2) is 45.6 Å². The Morgan fingerprint density at radius 2 is 1.85 bits per heavy atom. The van der Waals surface area contributed by atoms with Gasteiger partial charge in [-0.25, -0.2) is 4.98 Å². The Kier molecular flexibility index (Phi) is 3.71. The fourth-order valence-electron chi connectivity index (χ4n) is 2.37. The number of anilines is 1. The van der Waals surface area contributed by atoms with E-state index in [1.165, 1.54) is 6.42 Å². The number of likely N-dealkylation sites (tertiary alicyclic amines) is 1. The van der Waals surface area contributed by atoms with Crippen LogP contribution < -0.4 is 5.32 Å². The number of hydrogen-bond donors (Lipinski definition) is 1. The summed E-state index contributed by atoms with van der Waals surface area (Å²) in [5.74, 6) is 0.496. The van der Waals surface area contributed by atoms with E-state index in [1.807, 2.05) is 29.2 Å². The van der Waals surface area contributed by atoms with E-state index in [-0.39, 0.29) is 12.5 Å². The van der Waals surface area contributed by atoms with Gasteiger partial charge >= 0.3 is 0 Å². The van der Waals surface area contributed by atoms with E-state index in [9.17, 15) is 4.79 Å². The molecular weight excluding hydrogens is 254 g/mol. The standard InChI is InChI=1S/C14H17N5O/c20-13(19-8-4-1-5-9-19)10-15-14-16-11-6-2-3-7-12(11)17-18-14/h2-3,6-7H,1,4-5,8-10H2,(H,15,16,18). The van der Waals surface area contributed by atoms with Crippen molar-refractivity contribution in [1.82, 2.24) is 20.1 Å². The normalized spacial score (nSPS) is 15.3. The first-order valence-electron chi connectivity index (χ1n) is 6.94. The minimum absolute atomic E-state index is 0.0986. The molecule has 0 spiro atoms. The monoisotopic (exact) mass is 271 g/mol. The molecule has 1 N–H and O–H groups in total. The third-order valence-corrected chi connectivity index (χ3v) is 3.47. The largest absolute Gasteiger partial charge is 0.344 e. The van der Waals surface area contributed by atoms with Crippen LogP contribution in [0.5, 0.6) is 0 Å². The number of nitrogens with zero attached hydrogens (tertiary/aromatic N) is 4. The minimum atomic E-state index is 0.0986. The quantitative estimate of drug-likeness (QED) is 0.915. The van der Waals surface area contributed by atoms with E-state index in [1.54, 1.807) is 0 Å². The molecule has 104 valence electrons. The van der Waals surface area contributed by atoms with Crippen LogP contribution in [0, 0.1) is 0 Å². The highest BCUT2D eigenvalue weighted by Crippen LogP contribution is 2.10. The summed E-state index contributed by atoms with van der Waals surface area (Å²) in [5.41, 5.74) is 1.52. The molecule has 2 heterocycles. The maximum absolute atomic E-state index is 12.0. The van der Waals surface area contributed by atoms with Gasteiger partial charge in [-0.05, 0) is 31.4 Å². The molecule has 1 aliphatic rings. The number of aromatic nitrogens is 3. The number of carbonyl (C=O) groups excluding carboxylic acids is 1. The number of rotatable bonds is 3. The van der Waals surface area contributed by atoms with Crippen LogP contribution in [0.25, 0.3) is 11.0 Å². The van der Waals surface area contributed by atoms with Crippen molar-refractivity contribution in [2.24, 2.45) is 0 Å². The lowest BCUT2D eigenvalue weighted by Crippen LogP contribution is -2.39. The molecule has 0 saturated carbocycles. The Bertz CT molecular complexity index is 609. The smallest absolute Gasteiger partial charge is 0.243 e. The van der Waals surface area contributed by atoms with Crippen molar-refractivity contribution >= 4 is 22.9 Å². The molecule has 6 heteroatoms. The van der Waals surface area contributed by atoms with Crippen LogP contribution >= 0.6 is 0 Å². The highest BCUT2D eigenvalue weighted by atomic mass is 16.2. The van der Waals surface area contributed by atoms with E-state index in [0.717, 1.165) is 37.0 Å². The molecular formula is C14H17N5O. The molecule has 6 nitrogen and oxygen atoms in total. The first-order chi connectivity index (χ1) is 9.83. The Morgan fingerprint density at radius 1 is 1.10 bits per heavy atom. The van der Waals surface area contributed by atoms with Gasteiger partial charge in [0.15, 0.2) is 0 Å². The predicted octanol–water partition coefficient (Wildman–Crippen LogP) is 1.45. The maximum atomic E-state index is 12.0. The summed E-state index contributed by atoms with van der Waals surface area (Å²) in [6.45, 7) is 1.94. The van der Waals surface area contributed by atoms with Gasteiger partial charge in [0, 0.05) is 13.1 Å². The lowest BCUT2D eigenvalue weighted by atomic mass is 10.1. The average Bonchev–Trinajstić information content (AvgIpc) is 2.53. The Labute approximate surface area is 117 Å². The Morgan fingerprint density at radius 3 is 2.65 bits per heavy atom. The van der Waals surface area contributed by atoms with Crippen LogP contribution in [0.4, 0.5) is 5.95 Å². The zero-order valence-electron chi connectivity index (χ0n) is 11.2. The second-order valence-electron chi connectivity index (χ2n) is 4.92. The molecule has 1 aromatic heterocycles. The summed E-state index contributed by atoms with van der Waals surface area (Å²) in [4.78, 5) is 18.3. The molecule has 2 aromatic rings. The molecule has 0 aliphatic carbocycles. The number of fused-ring (bicyclic) bond motifs is 1. The SMILES string of the molecule is O=C(CNc1nnc2ccccc2n1)N1CCCCC1. The number of para-hydroxylation sites is 1. The van der Waals surface area contributed by atoms with Gasteiger partial charge in [0.05, 0.1) is 12.1 Å². The molecule has 0 unspecified atom stereocenters. The van der Waals surface area contributed by atoms with Gasteiger partial charge in [-0.2, -0.15) is 0 Å². The molecule has 20 heavy (non-hydrogen) atoms. The molecule has 0 atom stereocenters. The van der Waals surface area contributed by atoms with Gasteiger partial charge in [-0.1, -0.05) is 12.1 Å². The van der Waals surface area contributed by atoms with E-state index < -0.39 is 0 Å².